The summed E-state index contributed by atoms with van der Waals surface area (Å²) in [7, 11) is 0.634. The van der Waals surface area contributed by atoms with Gasteiger partial charge in [0.05, 0.1) is 146 Å². The van der Waals surface area contributed by atoms with E-state index in [4.69, 9.17) is 57.9 Å². The number of hydrogen-bond donors (Lipinski definition) is 1. The van der Waals surface area contributed by atoms with Crippen LogP contribution in [0.2, 0.25) is 0 Å². The minimum atomic E-state index is -4.04. The highest BCUT2D eigenvalue weighted by atomic mass is 31.2. The first kappa shape index (κ1) is 44.6. The fourth-order valence-electron chi connectivity index (χ4n) is 3.74. The standard InChI is InChI=1S/C31H55FN3O13P/c1-5-48-49(32,36)21-20-46-17-16-44-13-12-42-9-8-40-6-7-41-10-11-43-14-15-45-18-19-47-26-28(35-33)25-34-24-27-22-29(37-2)31(39-4)30(23-27)38-3/h22-23,25H,5-21,24,26,33H2,1-4H3. The monoisotopic (exact) mass is 727 g/mol. The molecule has 0 aromatic heterocycles. The lowest BCUT2D eigenvalue weighted by molar-refractivity contribution is -0.0221. The van der Waals surface area contributed by atoms with Gasteiger partial charge in [0, 0.05) is 6.21 Å². The molecule has 1 aromatic carbocycles. The summed E-state index contributed by atoms with van der Waals surface area (Å²) < 4.78 is 88.6. The minimum Gasteiger partial charge on any atom is -0.493 e. The van der Waals surface area contributed by atoms with Crippen molar-refractivity contribution in [3.8, 4) is 17.2 Å². The highest BCUT2D eigenvalue weighted by Crippen LogP contribution is 2.47. The van der Waals surface area contributed by atoms with Gasteiger partial charge in [-0.25, -0.2) is 0 Å². The Morgan fingerprint density at radius 3 is 1.47 bits per heavy atom. The number of benzene rings is 1. The Morgan fingerprint density at radius 1 is 0.694 bits per heavy atom. The number of nitrogens with zero attached hydrogens (tertiary/aromatic N) is 2. The van der Waals surface area contributed by atoms with Crippen LogP contribution in [-0.2, 0) is 53.5 Å². The number of hydrogen-bond acceptors (Lipinski definition) is 16. The van der Waals surface area contributed by atoms with Crippen molar-refractivity contribution in [2.24, 2.45) is 15.9 Å². The van der Waals surface area contributed by atoms with Crippen LogP contribution >= 0.6 is 7.68 Å². The van der Waals surface area contributed by atoms with Gasteiger partial charge in [0.15, 0.2) is 11.5 Å². The fourth-order valence-corrected chi connectivity index (χ4v) is 4.60. The molecule has 0 spiro atoms. The van der Waals surface area contributed by atoms with E-state index in [9.17, 15) is 8.76 Å². The Kier molecular flexibility index (Phi) is 27.6. The Morgan fingerprint density at radius 2 is 1.10 bits per heavy atom. The van der Waals surface area contributed by atoms with Gasteiger partial charge in [-0.1, -0.05) is 0 Å². The zero-order valence-corrected chi connectivity index (χ0v) is 30.2. The molecule has 0 saturated carbocycles. The first-order valence-electron chi connectivity index (χ1n) is 16.0. The maximum Gasteiger partial charge on any atom is 0.369 e. The summed E-state index contributed by atoms with van der Waals surface area (Å²) in [5, 5.41) is 3.72. The van der Waals surface area contributed by atoms with Crippen LogP contribution in [0.4, 0.5) is 4.20 Å². The highest BCUT2D eigenvalue weighted by Gasteiger charge is 2.20. The molecule has 49 heavy (non-hydrogen) atoms. The predicted octanol–water partition coefficient (Wildman–Crippen LogP) is 2.93. The van der Waals surface area contributed by atoms with E-state index in [1.54, 1.807) is 34.5 Å². The van der Waals surface area contributed by atoms with Gasteiger partial charge in [-0.15, -0.1) is 0 Å². The van der Waals surface area contributed by atoms with Gasteiger partial charge < -0.3 is 62.5 Å². The Hall–Kier alpha value is -2.44. The molecule has 0 aliphatic carbocycles. The second kappa shape index (κ2) is 30.4. The van der Waals surface area contributed by atoms with Crippen molar-refractivity contribution >= 4 is 19.6 Å². The number of methoxy groups -OCH3 is 3. The van der Waals surface area contributed by atoms with Crippen molar-refractivity contribution in [3.63, 3.8) is 0 Å². The SMILES string of the molecule is CCOP(=O)(F)CCOCCOCCOCCOCCOCCOCCOCCOCC(C=NCc1cc(OC)c(OC)c(OC)c1)=NN. The van der Waals surface area contributed by atoms with Crippen molar-refractivity contribution in [2.75, 3.05) is 140 Å². The first-order chi connectivity index (χ1) is 23.9. The number of rotatable bonds is 34. The number of hydrazone groups is 1. The number of aliphatic imine (C=N–C) groups is 1. The van der Waals surface area contributed by atoms with Gasteiger partial charge in [-0.3, -0.25) is 9.56 Å². The maximum absolute atomic E-state index is 13.3. The van der Waals surface area contributed by atoms with E-state index >= 15 is 0 Å². The fraction of sp³-hybridized carbons (Fsp3) is 0.742. The molecule has 0 bridgehead atoms. The molecule has 2 N–H and O–H groups in total. The average Bonchev–Trinajstić information content (AvgIpc) is 3.10. The Labute approximate surface area is 289 Å². The quantitative estimate of drug-likeness (QED) is 0.0360. The van der Waals surface area contributed by atoms with Gasteiger partial charge >= 0.3 is 7.68 Å². The molecule has 0 amide bonds. The van der Waals surface area contributed by atoms with Crippen LogP contribution in [0.1, 0.15) is 12.5 Å². The number of halogens is 1. The molecule has 1 aromatic rings. The second-order valence-corrected chi connectivity index (χ2v) is 11.6. The molecule has 0 radical (unpaired) electrons. The molecule has 284 valence electrons. The van der Waals surface area contributed by atoms with Crippen LogP contribution < -0.4 is 20.1 Å². The largest absolute Gasteiger partial charge is 0.493 e. The Bertz CT molecular complexity index is 1050. The summed E-state index contributed by atoms with van der Waals surface area (Å²) >= 11 is 0. The van der Waals surface area contributed by atoms with E-state index < -0.39 is 7.68 Å². The molecular formula is C31H55FN3O13P. The summed E-state index contributed by atoms with van der Waals surface area (Å²) in [4.78, 5) is 4.38. The lowest BCUT2D eigenvalue weighted by Gasteiger charge is -2.13. The van der Waals surface area contributed by atoms with Crippen LogP contribution in [0, 0.1) is 0 Å². The minimum absolute atomic E-state index is 0.0170. The van der Waals surface area contributed by atoms with Crippen molar-refractivity contribution in [3.05, 3.63) is 17.7 Å². The zero-order valence-electron chi connectivity index (χ0n) is 29.3. The van der Waals surface area contributed by atoms with Gasteiger partial charge in [0.2, 0.25) is 5.75 Å². The number of ether oxygens (including phenoxy) is 11. The average molecular weight is 728 g/mol. The smallest absolute Gasteiger partial charge is 0.369 e. The molecule has 0 fully saturated rings. The molecule has 0 aliphatic heterocycles. The van der Waals surface area contributed by atoms with Gasteiger partial charge in [0.1, 0.15) is 5.71 Å². The van der Waals surface area contributed by atoms with E-state index in [1.807, 2.05) is 12.1 Å². The molecule has 1 unspecified atom stereocenters. The van der Waals surface area contributed by atoms with Crippen molar-refractivity contribution in [1.29, 1.82) is 0 Å². The van der Waals surface area contributed by atoms with E-state index in [0.29, 0.717) is 115 Å². The van der Waals surface area contributed by atoms with Crippen LogP contribution in [0.15, 0.2) is 22.2 Å². The summed E-state index contributed by atoms with van der Waals surface area (Å²) in [6.45, 7) is 7.95. The molecule has 0 aliphatic rings. The summed E-state index contributed by atoms with van der Waals surface area (Å²) in [6, 6.07) is 3.65. The summed E-state index contributed by atoms with van der Waals surface area (Å²) in [5.41, 5.74) is 1.35. The molecule has 18 heteroatoms. The maximum atomic E-state index is 13.3. The Balaban J connectivity index is 1.88. The molecule has 1 atom stereocenters. The van der Waals surface area contributed by atoms with Gasteiger partial charge in [0.25, 0.3) is 0 Å². The van der Waals surface area contributed by atoms with Crippen molar-refractivity contribution < 1.29 is 65.4 Å². The number of nitrogens with two attached hydrogens (primary N) is 1. The molecule has 0 heterocycles. The molecule has 16 nitrogen and oxygen atoms in total. The normalized spacial score (nSPS) is 13.2. The van der Waals surface area contributed by atoms with Gasteiger partial charge in [-0.2, -0.15) is 9.30 Å². The zero-order chi connectivity index (χ0) is 35.8. The molecular weight excluding hydrogens is 672 g/mol. The van der Waals surface area contributed by atoms with E-state index in [2.05, 4.69) is 14.6 Å². The van der Waals surface area contributed by atoms with E-state index in [0.717, 1.165) is 5.56 Å². The van der Waals surface area contributed by atoms with Gasteiger partial charge in [-0.05, 0) is 24.6 Å². The molecule has 0 saturated heterocycles. The topological polar surface area (TPSA) is 179 Å². The van der Waals surface area contributed by atoms with E-state index in [1.165, 1.54) is 0 Å². The predicted molar refractivity (Wildman–Crippen MR) is 182 cm³/mol. The van der Waals surface area contributed by atoms with Crippen LogP contribution in [0.5, 0.6) is 17.2 Å². The first-order valence-corrected chi connectivity index (χ1v) is 17.7. The van der Waals surface area contributed by atoms with Crippen molar-refractivity contribution in [1.82, 2.24) is 0 Å². The third kappa shape index (κ3) is 23.6. The third-order valence-corrected chi connectivity index (χ3v) is 7.44. The lowest BCUT2D eigenvalue weighted by atomic mass is 10.2. The second-order valence-electron chi connectivity index (χ2n) is 9.69. The summed E-state index contributed by atoms with van der Waals surface area (Å²) in [6.07, 6.45) is 1.30. The third-order valence-electron chi connectivity index (χ3n) is 6.08. The van der Waals surface area contributed by atoms with Crippen LogP contribution in [0.25, 0.3) is 0 Å². The van der Waals surface area contributed by atoms with Crippen LogP contribution in [-0.4, -0.2) is 152 Å². The van der Waals surface area contributed by atoms with Crippen LogP contribution in [0.3, 0.4) is 0 Å². The lowest BCUT2D eigenvalue weighted by Crippen LogP contribution is -2.17. The summed E-state index contributed by atoms with van der Waals surface area (Å²) in [5.74, 6) is 7.09. The molecule has 1 rings (SSSR count). The van der Waals surface area contributed by atoms with E-state index in [-0.39, 0.29) is 32.6 Å². The highest BCUT2D eigenvalue weighted by molar-refractivity contribution is 7.53. The van der Waals surface area contributed by atoms with Crippen molar-refractivity contribution in [2.45, 2.75) is 13.5 Å².